The number of halogens is 2. The second-order valence-electron chi connectivity index (χ2n) is 7.52. The number of hydrogen-bond acceptors (Lipinski definition) is 4. The minimum absolute atomic E-state index is 0.136. The van der Waals surface area contributed by atoms with Crippen LogP contribution in [-0.4, -0.2) is 18.9 Å². The normalized spacial score (nSPS) is 13.7. The predicted octanol–water partition coefficient (Wildman–Crippen LogP) is 6.02. The summed E-state index contributed by atoms with van der Waals surface area (Å²) in [7, 11) is 1.52. The number of benzene rings is 3. The summed E-state index contributed by atoms with van der Waals surface area (Å²) in [6, 6.07) is 17.4. The van der Waals surface area contributed by atoms with Crippen molar-refractivity contribution in [2.45, 2.75) is 13.8 Å². The molecule has 0 unspecified atom stereocenters. The monoisotopic (exact) mass is 466 g/mol. The molecule has 0 spiro atoms. The molecule has 0 radical (unpaired) electrons. The Labute approximate surface area is 196 Å². The summed E-state index contributed by atoms with van der Waals surface area (Å²) in [6.07, 6.45) is 0. The highest BCUT2D eigenvalue weighted by Gasteiger charge is 2.40. The lowest BCUT2D eigenvalue weighted by Crippen LogP contribution is -2.32. The van der Waals surface area contributed by atoms with Crippen molar-refractivity contribution in [2.75, 3.05) is 17.3 Å². The highest BCUT2D eigenvalue weighted by atomic mass is 35.5. The van der Waals surface area contributed by atoms with E-state index in [1.807, 2.05) is 32.0 Å². The van der Waals surface area contributed by atoms with Gasteiger partial charge < -0.3 is 10.1 Å². The summed E-state index contributed by atoms with van der Waals surface area (Å²) >= 11 is 12.2. The summed E-state index contributed by atoms with van der Waals surface area (Å²) in [5.41, 5.74) is 3.84. The first kappa shape index (κ1) is 21.9. The van der Waals surface area contributed by atoms with E-state index < -0.39 is 11.8 Å². The molecule has 0 saturated heterocycles. The highest BCUT2D eigenvalue weighted by molar-refractivity contribution is 6.46. The molecule has 7 heteroatoms. The van der Waals surface area contributed by atoms with E-state index >= 15 is 0 Å². The van der Waals surface area contributed by atoms with Gasteiger partial charge in [0.2, 0.25) is 0 Å². The third-order valence-corrected chi connectivity index (χ3v) is 5.59. The minimum Gasteiger partial charge on any atom is -0.495 e. The number of hydrogen-bond donors (Lipinski definition) is 1. The third-order valence-electron chi connectivity index (χ3n) is 5.10. The Morgan fingerprint density at radius 3 is 2.06 bits per heavy atom. The molecular weight excluding hydrogens is 447 g/mol. The molecule has 4 rings (SSSR count). The predicted molar refractivity (Wildman–Crippen MR) is 128 cm³/mol. The molecular formula is C25H20Cl2N2O3. The van der Waals surface area contributed by atoms with Gasteiger partial charge in [-0.1, -0.05) is 41.4 Å². The largest absolute Gasteiger partial charge is 0.495 e. The summed E-state index contributed by atoms with van der Waals surface area (Å²) < 4.78 is 5.40. The number of imide groups is 1. The molecule has 0 aliphatic carbocycles. The number of nitrogens with zero attached hydrogens (tertiary/aromatic N) is 1. The fraction of sp³-hybridized carbons (Fsp3) is 0.120. The van der Waals surface area contributed by atoms with E-state index in [4.69, 9.17) is 27.9 Å². The van der Waals surface area contributed by atoms with Crippen LogP contribution in [0.5, 0.6) is 5.75 Å². The number of nitrogens with one attached hydrogen (secondary N) is 1. The van der Waals surface area contributed by atoms with E-state index in [-0.39, 0.29) is 11.3 Å². The number of ether oxygens (including phenoxy) is 1. The Balaban J connectivity index is 1.87. The first-order valence-corrected chi connectivity index (χ1v) is 10.6. The molecule has 32 heavy (non-hydrogen) atoms. The summed E-state index contributed by atoms with van der Waals surface area (Å²) in [5, 5.41) is 4.09. The van der Waals surface area contributed by atoms with Gasteiger partial charge in [-0.05, 0) is 73.0 Å². The molecule has 0 atom stereocenters. The van der Waals surface area contributed by atoms with Gasteiger partial charge in [0, 0.05) is 10.0 Å². The van der Waals surface area contributed by atoms with Gasteiger partial charge in [-0.15, -0.1) is 0 Å². The smallest absolute Gasteiger partial charge is 0.282 e. The zero-order chi connectivity index (χ0) is 23.0. The Hall–Kier alpha value is -3.28. The van der Waals surface area contributed by atoms with Crippen molar-refractivity contribution < 1.29 is 14.3 Å². The van der Waals surface area contributed by atoms with Crippen LogP contribution in [0.1, 0.15) is 16.7 Å². The van der Waals surface area contributed by atoms with Gasteiger partial charge in [-0.3, -0.25) is 9.59 Å². The van der Waals surface area contributed by atoms with E-state index in [9.17, 15) is 9.59 Å². The first-order valence-electron chi connectivity index (χ1n) is 9.86. The topological polar surface area (TPSA) is 58.6 Å². The van der Waals surface area contributed by atoms with Crippen molar-refractivity contribution in [1.82, 2.24) is 0 Å². The number of amides is 2. The Kier molecular flexibility index (Phi) is 5.96. The molecule has 0 fully saturated rings. The fourth-order valence-electron chi connectivity index (χ4n) is 3.76. The molecule has 1 N–H and O–H groups in total. The van der Waals surface area contributed by atoms with Crippen LogP contribution in [0, 0.1) is 13.8 Å². The van der Waals surface area contributed by atoms with Crippen molar-refractivity contribution in [3.8, 4) is 5.75 Å². The van der Waals surface area contributed by atoms with Crippen LogP contribution in [0.15, 0.2) is 66.4 Å². The maximum Gasteiger partial charge on any atom is 0.282 e. The summed E-state index contributed by atoms with van der Waals surface area (Å²) in [5.74, 6) is -0.403. The molecule has 0 aromatic heterocycles. The maximum atomic E-state index is 13.6. The van der Waals surface area contributed by atoms with E-state index in [1.54, 1.807) is 42.5 Å². The summed E-state index contributed by atoms with van der Waals surface area (Å²) in [4.78, 5) is 28.3. The molecule has 2 amide bonds. The molecule has 1 aliphatic rings. The van der Waals surface area contributed by atoms with Gasteiger partial charge in [-0.2, -0.15) is 0 Å². The van der Waals surface area contributed by atoms with Crippen LogP contribution in [0.25, 0.3) is 5.57 Å². The van der Waals surface area contributed by atoms with Gasteiger partial charge in [0.05, 0.1) is 24.1 Å². The van der Waals surface area contributed by atoms with E-state index in [2.05, 4.69) is 5.32 Å². The van der Waals surface area contributed by atoms with Crippen LogP contribution in [0.4, 0.5) is 11.4 Å². The zero-order valence-corrected chi connectivity index (χ0v) is 19.2. The fourth-order valence-corrected chi connectivity index (χ4v) is 4.05. The molecule has 3 aromatic rings. The molecule has 5 nitrogen and oxygen atoms in total. The van der Waals surface area contributed by atoms with Crippen LogP contribution in [0.3, 0.4) is 0 Å². The summed E-state index contributed by atoms with van der Waals surface area (Å²) in [6.45, 7) is 3.84. The van der Waals surface area contributed by atoms with Crippen molar-refractivity contribution in [3.05, 3.63) is 93.1 Å². The van der Waals surface area contributed by atoms with Gasteiger partial charge in [-0.25, -0.2) is 4.90 Å². The zero-order valence-electron chi connectivity index (χ0n) is 17.7. The Bertz CT molecular complexity index is 1250. The molecule has 1 aliphatic heterocycles. The minimum atomic E-state index is -0.466. The molecule has 3 aromatic carbocycles. The number of rotatable bonds is 5. The molecule has 1 heterocycles. The van der Waals surface area contributed by atoms with Crippen LogP contribution >= 0.6 is 23.2 Å². The lowest BCUT2D eigenvalue weighted by atomic mass is 10.0. The van der Waals surface area contributed by atoms with Crippen LogP contribution < -0.4 is 15.0 Å². The lowest BCUT2D eigenvalue weighted by Gasteiger charge is -2.17. The maximum absolute atomic E-state index is 13.6. The number of carbonyl (C=O) groups excluding carboxylic acids is 2. The number of anilines is 2. The number of methoxy groups -OCH3 is 1. The standard InChI is InChI=1S/C25H20Cl2N2O3/c1-14-10-15(2)12-19(11-14)29-24(30)22(16-4-6-17(26)7-5-16)23(25(29)31)28-20-13-18(27)8-9-21(20)32-3/h4-13,28H,1-3H3. The SMILES string of the molecule is COc1ccc(Cl)cc1NC1=C(c2ccc(Cl)cc2)C(=O)N(c2cc(C)cc(C)c2)C1=O. The Morgan fingerprint density at radius 1 is 0.812 bits per heavy atom. The van der Waals surface area contributed by atoms with Crippen LogP contribution in [-0.2, 0) is 9.59 Å². The lowest BCUT2D eigenvalue weighted by molar-refractivity contribution is -0.120. The average molecular weight is 467 g/mol. The quantitative estimate of drug-likeness (QED) is 0.467. The van der Waals surface area contributed by atoms with Crippen molar-refractivity contribution in [3.63, 3.8) is 0 Å². The van der Waals surface area contributed by atoms with Crippen molar-refractivity contribution in [2.24, 2.45) is 0 Å². The Morgan fingerprint density at radius 2 is 1.44 bits per heavy atom. The number of aryl methyl sites for hydroxylation is 2. The third kappa shape index (κ3) is 4.09. The second-order valence-corrected chi connectivity index (χ2v) is 8.39. The van der Waals surface area contributed by atoms with E-state index in [0.717, 1.165) is 11.1 Å². The molecule has 162 valence electrons. The number of carbonyl (C=O) groups is 2. The van der Waals surface area contributed by atoms with E-state index in [1.165, 1.54) is 12.0 Å². The van der Waals surface area contributed by atoms with Crippen molar-refractivity contribution in [1.29, 1.82) is 0 Å². The highest BCUT2D eigenvalue weighted by Crippen LogP contribution is 2.37. The van der Waals surface area contributed by atoms with Crippen LogP contribution in [0.2, 0.25) is 10.0 Å². The van der Waals surface area contributed by atoms with Gasteiger partial charge in [0.1, 0.15) is 11.4 Å². The van der Waals surface area contributed by atoms with Gasteiger partial charge in [0.15, 0.2) is 0 Å². The molecule has 0 bridgehead atoms. The first-order chi connectivity index (χ1) is 15.3. The second kappa shape index (κ2) is 8.69. The molecule has 0 saturated carbocycles. The average Bonchev–Trinajstić information content (AvgIpc) is 2.98. The van der Waals surface area contributed by atoms with Gasteiger partial charge in [0.25, 0.3) is 11.8 Å². The van der Waals surface area contributed by atoms with Gasteiger partial charge >= 0.3 is 0 Å². The van der Waals surface area contributed by atoms with E-state index in [0.29, 0.717) is 32.7 Å². The van der Waals surface area contributed by atoms with Crippen molar-refractivity contribution >= 4 is 52.0 Å².